The molecule has 1 N–H and O–H groups in total. The Morgan fingerprint density at radius 1 is 1.20 bits per heavy atom. The SMILES string of the molecule is Cc1cc(C)c2c(=O)nc(SCC(=O)Nc3ccc(C(C)C)cc3)n(C3CC3)c2n1. The van der Waals surface area contributed by atoms with Gasteiger partial charge in [0.25, 0.3) is 5.56 Å². The third kappa shape index (κ3) is 4.26. The van der Waals surface area contributed by atoms with Crippen LogP contribution in [0.15, 0.2) is 40.3 Å². The van der Waals surface area contributed by atoms with Gasteiger partial charge in [-0.3, -0.25) is 9.59 Å². The Bertz CT molecular complexity index is 1160. The van der Waals surface area contributed by atoms with Gasteiger partial charge in [-0.15, -0.1) is 0 Å². The monoisotopic (exact) mass is 422 g/mol. The van der Waals surface area contributed by atoms with E-state index >= 15 is 0 Å². The zero-order valence-corrected chi connectivity index (χ0v) is 18.5. The van der Waals surface area contributed by atoms with Crippen molar-refractivity contribution in [3.63, 3.8) is 0 Å². The van der Waals surface area contributed by atoms with Crippen LogP contribution in [0.4, 0.5) is 5.69 Å². The van der Waals surface area contributed by atoms with Crippen molar-refractivity contribution < 1.29 is 4.79 Å². The molecule has 0 atom stereocenters. The Morgan fingerprint density at radius 3 is 2.53 bits per heavy atom. The second-order valence-electron chi connectivity index (χ2n) is 8.19. The van der Waals surface area contributed by atoms with Crippen LogP contribution in [0.5, 0.6) is 0 Å². The number of fused-ring (bicyclic) bond motifs is 1. The molecule has 0 radical (unpaired) electrons. The molecular weight excluding hydrogens is 396 g/mol. The lowest BCUT2D eigenvalue weighted by molar-refractivity contribution is -0.113. The summed E-state index contributed by atoms with van der Waals surface area (Å²) in [7, 11) is 0. The summed E-state index contributed by atoms with van der Waals surface area (Å²) in [6.07, 6.45) is 2.08. The van der Waals surface area contributed by atoms with Gasteiger partial charge in [-0.1, -0.05) is 37.7 Å². The molecule has 1 aliphatic rings. The van der Waals surface area contributed by atoms with Crippen LogP contribution in [0.25, 0.3) is 11.0 Å². The number of pyridine rings is 1. The second-order valence-corrected chi connectivity index (χ2v) is 9.14. The van der Waals surface area contributed by atoms with E-state index in [0.29, 0.717) is 28.1 Å². The molecule has 0 spiro atoms. The molecule has 6 nitrogen and oxygen atoms in total. The summed E-state index contributed by atoms with van der Waals surface area (Å²) in [4.78, 5) is 34.1. The topological polar surface area (TPSA) is 76.9 Å². The predicted molar refractivity (Wildman–Crippen MR) is 121 cm³/mol. The van der Waals surface area contributed by atoms with Gasteiger partial charge in [0, 0.05) is 17.4 Å². The molecule has 30 heavy (non-hydrogen) atoms. The van der Waals surface area contributed by atoms with Crippen molar-refractivity contribution in [2.24, 2.45) is 0 Å². The quantitative estimate of drug-likeness (QED) is 0.464. The highest BCUT2D eigenvalue weighted by Crippen LogP contribution is 2.39. The van der Waals surface area contributed by atoms with E-state index in [4.69, 9.17) is 0 Å². The maximum absolute atomic E-state index is 12.7. The van der Waals surface area contributed by atoms with Crippen LogP contribution in [-0.2, 0) is 4.79 Å². The highest BCUT2D eigenvalue weighted by molar-refractivity contribution is 7.99. The van der Waals surface area contributed by atoms with Crippen LogP contribution in [0.3, 0.4) is 0 Å². The predicted octanol–water partition coefficient (Wildman–Crippen LogP) is 4.60. The number of thioether (sulfide) groups is 1. The number of carbonyl (C=O) groups excluding carboxylic acids is 1. The fourth-order valence-electron chi connectivity index (χ4n) is 3.59. The third-order valence-corrected chi connectivity index (χ3v) is 6.23. The summed E-state index contributed by atoms with van der Waals surface area (Å²) < 4.78 is 2.05. The molecule has 4 rings (SSSR count). The molecule has 0 saturated heterocycles. The molecule has 156 valence electrons. The van der Waals surface area contributed by atoms with E-state index in [1.54, 1.807) is 0 Å². The molecule has 0 aliphatic heterocycles. The van der Waals surface area contributed by atoms with Gasteiger partial charge in [-0.05, 0) is 61.9 Å². The Morgan fingerprint density at radius 2 is 1.90 bits per heavy atom. The van der Waals surface area contributed by atoms with Crippen molar-refractivity contribution in [3.05, 3.63) is 57.5 Å². The van der Waals surface area contributed by atoms with E-state index in [-0.39, 0.29) is 17.2 Å². The van der Waals surface area contributed by atoms with Crippen LogP contribution >= 0.6 is 11.8 Å². The normalized spacial score (nSPS) is 13.8. The Kier molecular flexibility index (Phi) is 5.64. The zero-order valence-electron chi connectivity index (χ0n) is 17.7. The first-order valence-corrected chi connectivity index (χ1v) is 11.2. The molecule has 3 aromatic rings. The fraction of sp³-hybridized carbons (Fsp3) is 0.391. The van der Waals surface area contributed by atoms with Crippen LogP contribution in [-0.4, -0.2) is 26.2 Å². The number of benzene rings is 1. The first-order chi connectivity index (χ1) is 14.3. The zero-order chi connectivity index (χ0) is 21.4. The van der Waals surface area contributed by atoms with Crippen LogP contribution in [0.2, 0.25) is 0 Å². The minimum Gasteiger partial charge on any atom is -0.325 e. The average molecular weight is 423 g/mol. The summed E-state index contributed by atoms with van der Waals surface area (Å²) >= 11 is 1.29. The highest BCUT2D eigenvalue weighted by atomic mass is 32.2. The number of nitrogens with zero attached hydrogens (tertiary/aromatic N) is 3. The molecule has 1 saturated carbocycles. The van der Waals surface area contributed by atoms with Gasteiger partial charge in [0.15, 0.2) is 5.16 Å². The van der Waals surface area contributed by atoms with Crippen molar-refractivity contribution in [3.8, 4) is 0 Å². The van der Waals surface area contributed by atoms with Crippen molar-refractivity contribution in [2.45, 2.75) is 57.7 Å². The summed E-state index contributed by atoms with van der Waals surface area (Å²) in [5.41, 5.74) is 4.17. The molecule has 7 heteroatoms. The van der Waals surface area contributed by atoms with Crippen LogP contribution in [0.1, 0.15) is 55.5 Å². The molecular formula is C23H26N4O2S. The van der Waals surface area contributed by atoms with E-state index < -0.39 is 0 Å². The van der Waals surface area contributed by atoms with E-state index in [1.807, 2.05) is 48.7 Å². The maximum Gasteiger partial charge on any atom is 0.283 e. The van der Waals surface area contributed by atoms with Crippen molar-refractivity contribution in [2.75, 3.05) is 11.1 Å². The lowest BCUT2D eigenvalue weighted by Crippen LogP contribution is -2.20. The van der Waals surface area contributed by atoms with E-state index in [1.165, 1.54) is 17.3 Å². The van der Waals surface area contributed by atoms with Gasteiger partial charge in [0.05, 0.1) is 11.1 Å². The smallest absolute Gasteiger partial charge is 0.283 e. The van der Waals surface area contributed by atoms with E-state index in [9.17, 15) is 9.59 Å². The number of hydrogen-bond acceptors (Lipinski definition) is 5. The summed E-state index contributed by atoms with van der Waals surface area (Å²) in [5.74, 6) is 0.508. The maximum atomic E-state index is 12.7. The summed E-state index contributed by atoms with van der Waals surface area (Å²) in [6, 6.07) is 10.1. The number of aromatic nitrogens is 3. The fourth-order valence-corrected chi connectivity index (χ4v) is 4.44. The van der Waals surface area contributed by atoms with Gasteiger partial charge in [0.2, 0.25) is 5.91 Å². The molecule has 2 heterocycles. The lowest BCUT2D eigenvalue weighted by Gasteiger charge is -2.15. The van der Waals surface area contributed by atoms with Crippen LogP contribution in [0, 0.1) is 13.8 Å². The Balaban J connectivity index is 1.56. The minimum atomic E-state index is -0.279. The number of anilines is 1. The molecule has 0 bridgehead atoms. The Hall–Kier alpha value is -2.67. The minimum absolute atomic E-state index is 0.123. The molecule has 1 fully saturated rings. The Labute approximate surface area is 180 Å². The van der Waals surface area contributed by atoms with Gasteiger partial charge >= 0.3 is 0 Å². The number of hydrogen-bond donors (Lipinski definition) is 1. The number of amides is 1. The van der Waals surface area contributed by atoms with Gasteiger partial charge in [-0.25, -0.2) is 4.98 Å². The van der Waals surface area contributed by atoms with Crippen molar-refractivity contribution in [1.82, 2.24) is 14.5 Å². The number of aryl methyl sites for hydroxylation is 2. The van der Waals surface area contributed by atoms with E-state index in [0.717, 1.165) is 29.8 Å². The summed E-state index contributed by atoms with van der Waals surface area (Å²) in [6.45, 7) is 8.12. The number of carbonyl (C=O) groups is 1. The van der Waals surface area contributed by atoms with Gasteiger partial charge in [-0.2, -0.15) is 4.98 Å². The first-order valence-electron chi connectivity index (χ1n) is 10.3. The highest BCUT2D eigenvalue weighted by Gasteiger charge is 2.29. The molecule has 1 amide bonds. The number of rotatable bonds is 6. The van der Waals surface area contributed by atoms with Gasteiger partial charge < -0.3 is 9.88 Å². The lowest BCUT2D eigenvalue weighted by atomic mass is 10.0. The van der Waals surface area contributed by atoms with Crippen molar-refractivity contribution >= 4 is 34.4 Å². The van der Waals surface area contributed by atoms with Gasteiger partial charge in [0.1, 0.15) is 5.65 Å². The standard InChI is InChI=1S/C23H26N4O2S/c1-13(2)16-5-7-17(8-6-16)25-19(28)12-30-23-26-22(29)20-14(3)11-15(4)24-21(20)27(23)18-9-10-18/h5-8,11,13,18H,9-10,12H2,1-4H3,(H,25,28). The van der Waals surface area contributed by atoms with Crippen LogP contribution < -0.4 is 10.9 Å². The molecule has 1 aromatic carbocycles. The molecule has 1 aliphatic carbocycles. The summed E-state index contributed by atoms with van der Waals surface area (Å²) in [5, 5.41) is 4.06. The molecule has 0 unspecified atom stereocenters. The number of nitrogens with one attached hydrogen (secondary N) is 1. The third-order valence-electron chi connectivity index (χ3n) is 5.28. The van der Waals surface area contributed by atoms with E-state index in [2.05, 4.69) is 29.1 Å². The molecule has 2 aromatic heterocycles. The average Bonchev–Trinajstić information content (AvgIpc) is 3.51. The second kappa shape index (κ2) is 8.22. The largest absolute Gasteiger partial charge is 0.325 e. The first kappa shape index (κ1) is 20.6. The van der Waals surface area contributed by atoms with Crippen molar-refractivity contribution in [1.29, 1.82) is 0 Å².